The van der Waals surface area contributed by atoms with Crippen molar-refractivity contribution >= 4 is 29.0 Å². The summed E-state index contributed by atoms with van der Waals surface area (Å²) in [6, 6.07) is 20.8. The fourth-order valence-electron chi connectivity index (χ4n) is 3.45. The van der Waals surface area contributed by atoms with Gasteiger partial charge in [0.2, 0.25) is 0 Å². The Hall–Kier alpha value is -4.70. The molecule has 0 saturated carbocycles. The molecule has 0 atom stereocenters. The highest BCUT2D eigenvalue weighted by atomic mass is 16.4. The van der Waals surface area contributed by atoms with Crippen molar-refractivity contribution in [3.8, 4) is 17.2 Å². The molecule has 0 radical (unpaired) electrons. The van der Waals surface area contributed by atoms with Gasteiger partial charge in [-0.05, 0) is 53.1 Å². The van der Waals surface area contributed by atoms with Gasteiger partial charge in [-0.1, -0.05) is 30.3 Å². The lowest BCUT2D eigenvalue weighted by molar-refractivity contribution is -0.114. The van der Waals surface area contributed by atoms with E-state index in [1.54, 1.807) is 48.5 Å². The topological polar surface area (TPSA) is 119 Å². The Kier molecular flexibility index (Phi) is 5.51. The standard InChI is InChI=1S/C25H17N3O4/c26-11-10-15-4-7-19(8-5-15)27-14-22-21-13-17(6-9-20(21)23(29)28-24(22)30)16-2-1-3-18(12-16)25(31)32/h1-9,12-14,27H,10H2,(H,31,32)(H,28,29,30). The number of carbonyl (C=O) groups excluding carboxylic acids is 2. The van der Waals surface area contributed by atoms with Gasteiger partial charge in [0.25, 0.3) is 11.8 Å². The molecule has 1 aliphatic heterocycles. The lowest BCUT2D eigenvalue weighted by Gasteiger charge is -2.19. The number of nitrogens with zero attached hydrogens (tertiary/aromatic N) is 1. The summed E-state index contributed by atoms with van der Waals surface area (Å²) in [4.78, 5) is 36.2. The number of nitrogens with one attached hydrogen (secondary N) is 2. The van der Waals surface area contributed by atoms with Crippen LogP contribution >= 0.6 is 0 Å². The number of hydrogen-bond donors (Lipinski definition) is 3. The van der Waals surface area contributed by atoms with Crippen LogP contribution in [0.4, 0.5) is 5.69 Å². The fraction of sp³-hybridized carbons (Fsp3) is 0.0400. The van der Waals surface area contributed by atoms with Gasteiger partial charge < -0.3 is 10.4 Å². The van der Waals surface area contributed by atoms with Gasteiger partial charge in [-0.2, -0.15) is 5.26 Å². The molecule has 1 heterocycles. The van der Waals surface area contributed by atoms with E-state index in [2.05, 4.69) is 16.7 Å². The number of carboxylic acids is 1. The lowest BCUT2D eigenvalue weighted by atomic mass is 9.91. The monoisotopic (exact) mass is 423 g/mol. The third-order valence-electron chi connectivity index (χ3n) is 5.09. The Morgan fingerprint density at radius 2 is 1.72 bits per heavy atom. The predicted octanol–water partition coefficient (Wildman–Crippen LogP) is 3.84. The zero-order valence-corrected chi connectivity index (χ0v) is 16.8. The molecule has 2 amide bonds. The minimum absolute atomic E-state index is 0.145. The van der Waals surface area contributed by atoms with E-state index < -0.39 is 17.8 Å². The Balaban J connectivity index is 1.71. The van der Waals surface area contributed by atoms with E-state index in [4.69, 9.17) is 5.26 Å². The van der Waals surface area contributed by atoms with Crippen LogP contribution in [0.2, 0.25) is 0 Å². The van der Waals surface area contributed by atoms with E-state index in [-0.39, 0.29) is 11.1 Å². The van der Waals surface area contributed by atoms with Crippen LogP contribution in [0.15, 0.2) is 72.9 Å². The van der Waals surface area contributed by atoms with Gasteiger partial charge in [0.1, 0.15) is 0 Å². The Bertz CT molecular complexity index is 1320. The normalized spacial score (nSPS) is 13.8. The third kappa shape index (κ3) is 4.11. The summed E-state index contributed by atoms with van der Waals surface area (Å²) in [6.45, 7) is 0. The van der Waals surface area contributed by atoms with Crippen LogP contribution in [-0.4, -0.2) is 22.9 Å². The van der Waals surface area contributed by atoms with Crippen molar-refractivity contribution in [2.45, 2.75) is 6.42 Å². The average Bonchev–Trinajstić information content (AvgIpc) is 2.80. The molecule has 7 heteroatoms. The van der Waals surface area contributed by atoms with Crippen molar-refractivity contribution < 1.29 is 19.5 Å². The van der Waals surface area contributed by atoms with Crippen molar-refractivity contribution in [1.29, 1.82) is 5.26 Å². The van der Waals surface area contributed by atoms with Crippen molar-refractivity contribution in [3.05, 3.63) is 95.2 Å². The SMILES string of the molecule is N#CCc1ccc(NC=C2C(=O)NC(=O)c3ccc(-c4cccc(C(=O)O)c4)cc32)cc1. The number of fused-ring (bicyclic) bond motifs is 1. The summed E-state index contributed by atoms with van der Waals surface area (Å²) in [5.41, 5.74) is 4.16. The molecule has 3 aromatic carbocycles. The number of carbonyl (C=O) groups is 3. The molecule has 4 rings (SSSR count). The van der Waals surface area contributed by atoms with E-state index in [1.165, 1.54) is 12.3 Å². The molecule has 1 aliphatic rings. The van der Waals surface area contributed by atoms with Crippen LogP contribution in [0, 0.1) is 11.3 Å². The molecule has 3 N–H and O–H groups in total. The van der Waals surface area contributed by atoms with Crippen LogP contribution in [0.25, 0.3) is 16.7 Å². The Morgan fingerprint density at radius 1 is 0.969 bits per heavy atom. The number of aromatic carboxylic acids is 1. The van der Waals surface area contributed by atoms with Gasteiger partial charge in [0.05, 0.1) is 23.6 Å². The fourth-order valence-corrected chi connectivity index (χ4v) is 3.45. The minimum atomic E-state index is -1.04. The van der Waals surface area contributed by atoms with Crippen LogP contribution in [0.3, 0.4) is 0 Å². The molecule has 156 valence electrons. The number of imide groups is 1. The molecule has 0 spiro atoms. The summed E-state index contributed by atoms with van der Waals surface area (Å²) in [7, 11) is 0. The first kappa shape index (κ1) is 20.6. The lowest BCUT2D eigenvalue weighted by Crippen LogP contribution is -2.36. The number of amides is 2. The quantitative estimate of drug-likeness (QED) is 0.424. The smallest absolute Gasteiger partial charge is 0.335 e. The first-order valence-corrected chi connectivity index (χ1v) is 9.72. The Labute approximate surface area is 183 Å². The minimum Gasteiger partial charge on any atom is -0.478 e. The number of benzene rings is 3. The van der Waals surface area contributed by atoms with Gasteiger partial charge >= 0.3 is 5.97 Å². The number of rotatable bonds is 5. The number of anilines is 1. The molecule has 0 saturated heterocycles. The van der Waals surface area contributed by atoms with E-state index in [1.807, 2.05) is 12.1 Å². The van der Waals surface area contributed by atoms with Crippen LogP contribution in [-0.2, 0) is 11.2 Å². The van der Waals surface area contributed by atoms with Crippen LogP contribution in [0.1, 0.15) is 31.8 Å². The van der Waals surface area contributed by atoms with Gasteiger partial charge in [-0.3, -0.25) is 14.9 Å². The molecule has 0 bridgehead atoms. The first-order chi connectivity index (χ1) is 15.5. The van der Waals surface area contributed by atoms with E-state index in [9.17, 15) is 19.5 Å². The molecule has 0 aromatic heterocycles. The zero-order valence-electron chi connectivity index (χ0n) is 16.8. The van der Waals surface area contributed by atoms with Crippen LogP contribution < -0.4 is 10.6 Å². The summed E-state index contributed by atoms with van der Waals surface area (Å²) < 4.78 is 0. The van der Waals surface area contributed by atoms with E-state index >= 15 is 0 Å². The Morgan fingerprint density at radius 3 is 2.44 bits per heavy atom. The number of nitriles is 1. The summed E-state index contributed by atoms with van der Waals surface area (Å²) in [6.07, 6.45) is 1.84. The second-order valence-electron chi connectivity index (χ2n) is 7.16. The maximum absolute atomic E-state index is 12.6. The number of carboxylic acid groups (broad SMARTS) is 1. The summed E-state index contributed by atoms with van der Waals surface area (Å²) >= 11 is 0. The largest absolute Gasteiger partial charge is 0.478 e. The highest BCUT2D eigenvalue weighted by Crippen LogP contribution is 2.30. The zero-order chi connectivity index (χ0) is 22.7. The molecule has 3 aromatic rings. The second kappa shape index (κ2) is 8.58. The van der Waals surface area contributed by atoms with Crippen molar-refractivity contribution in [2.75, 3.05) is 5.32 Å². The van der Waals surface area contributed by atoms with E-state index in [0.717, 1.165) is 11.3 Å². The van der Waals surface area contributed by atoms with E-state index in [0.29, 0.717) is 28.7 Å². The number of hydrogen-bond acceptors (Lipinski definition) is 5. The first-order valence-electron chi connectivity index (χ1n) is 9.72. The molecule has 0 fully saturated rings. The highest BCUT2D eigenvalue weighted by molar-refractivity contribution is 6.31. The van der Waals surface area contributed by atoms with Gasteiger partial charge in [0, 0.05) is 23.0 Å². The summed E-state index contributed by atoms with van der Waals surface area (Å²) in [5, 5.41) is 23.4. The van der Waals surface area contributed by atoms with Gasteiger partial charge in [0.15, 0.2) is 0 Å². The van der Waals surface area contributed by atoms with Crippen molar-refractivity contribution in [3.63, 3.8) is 0 Å². The second-order valence-corrected chi connectivity index (χ2v) is 7.16. The highest BCUT2D eigenvalue weighted by Gasteiger charge is 2.27. The maximum Gasteiger partial charge on any atom is 0.335 e. The third-order valence-corrected chi connectivity index (χ3v) is 5.09. The molecule has 0 aliphatic carbocycles. The molecule has 32 heavy (non-hydrogen) atoms. The average molecular weight is 423 g/mol. The molecule has 0 unspecified atom stereocenters. The predicted molar refractivity (Wildman–Crippen MR) is 119 cm³/mol. The van der Waals surface area contributed by atoms with Crippen LogP contribution in [0.5, 0.6) is 0 Å². The molecular formula is C25H17N3O4. The van der Waals surface area contributed by atoms with Gasteiger partial charge in [-0.25, -0.2) is 4.79 Å². The van der Waals surface area contributed by atoms with Crippen molar-refractivity contribution in [1.82, 2.24) is 5.32 Å². The maximum atomic E-state index is 12.6. The molecular weight excluding hydrogens is 406 g/mol. The summed E-state index contributed by atoms with van der Waals surface area (Å²) in [5.74, 6) is -2.06. The van der Waals surface area contributed by atoms with Crippen molar-refractivity contribution in [2.24, 2.45) is 0 Å². The van der Waals surface area contributed by atoms with Gasteiger partial charge in [-0.15, -0.1) is 0 Å². The molecule has 7 nitrogen and oxygen atoms in total.